The number of carbonyl (C=O) groups is 1. The molecule has 1 aromatic carbocycles. The van der Waals surface area contributed by atoms with Crippen LogP contribution in [0.25, 0.3) is 0 Å². The Labute approximate surface area is 146 Å². The van der Waals surface area contributed by atoms with Crippen molar-refractivity contribution >= 4 is 5.91 Å². The van der Waals surface area contributed by atoms with E-state index >= 15 is 0 Å². The van der Waals surface area contributed by atoms with Crippen molar-refractivity contribution in [2.45, 2.75) is 13.0 Å². The minimum absolute atomic E-state index is 0.201. The number of amides is 1. The van der Waals surface area contributed by atoms with Gasteiger partial charge in [-0.1, -0.05) is 18.2 Å². The molecule has 126 valence electrons. The van der Waals surface area contributed by atoms with Gasteiger partial charge in [-0.3, -0.25) is 14.8 Å². The molecule has 0 fully saturated rings. The van der Waals surface area contributed by atoms with E-state index in [0.717, 1.165) is 5.69 Å². The van der Waals surface area contributed by atoms with Crippen LogP contribution >= 0.6 is 0 Å². The van der Waals surface area contributed by atoms with Crippen LogP contribution in [0.1, 0.15) is 33.4 Å². The lowest BCUT2D eigenvalue weighted by Gasteiger charge is -2.28. The fraction of sp³-hybridized carbons (Fsp3) is 0.150. The topological polar surface area (TPSA) is 46.1 Å². The molecule has 0 spiro atoms. The van der Waals surface area contributed by atoms with E-state index in [0.29, 0.717) is 16.8 Å². The Morgan fingerprint density at radius 2 is 1.92 bits per heavy atom. The summed E-state index contributed by atoms with van der Waals surface area (Å²) in [5, 5.41) is 0. The summed E-state index contributed by atoms with van der Waals surface area (Å²) in [4.78, 5) is 23.0. The first-order valence-corrected chi connectivity index (χ1v) is 7.92. The van der Waals surface area contributed by atoms with Crippen LogP contribution in [-0.2, 0) is 0 Å². The van der Waals surface area contributed by atoms with E-state index in [1.54, 1.807) is 54.7 Å². The van der Waals surface area contributed by atoms with Crippen molar-refractivity contribution in [2.24, 2.45) is 0 Å². The predicted octanol–water partition coefficient (Wildman–Crippen LogP) is 3.79. The monoisotopic (exact) mass is 335 g/mol. The molecule has 0 saturated heterocycles. The largest absolute Gasteiger partial charge is 0.329 e. The summed E-state index contributed by atoms with van der Waals surface area (Å²) in [5.74, 6) is -0.552. The normalized spacial score (nSPS) is 11.8. The number of carbonyl (C=O) groups excluding carboxylic acids is 1. The molecule has 25 heavy (non-hydrogen) atoms. The molecule has 0 aliphatic heterocycles. The van der Waals surface area contributed by atoms with Crippen molar-refractivity contribution < 1.29 is 9.18 Å². The van der Waals surface area contributed by atoms with Crippen LogP contribution in [0.15, 0.2) is 67.0 Å². The van der Waals surface area contributed by atoms with Crippen LogP contribution in [0.4, 0.5) is 4.39 Å². The van der Waals surface area contributed by atoms with E-state index in [1.807, 2.05) is 19.1 Å². The smallest absolute Gasteiger partial charge is 0.255 e. The summed E-state index contributed by atoms with van der Waals surface area (Å²) in [6, 6.07) is 14.7. The van der Waals surface area contributed by atoms with Crippen molar-refractivity contribution in [1.29, 1.82) is 0 Å². The first-order valence-electron chi connectivity index (χ1n) is 7.92. The Morgan fingerprint density at radius 3 is 2.56 bits per heavy atom. The van der Waals surface area contributed by atoms with E-state index in [-0.39, 0.29) is 11.7 Å². The van der Waals surface area contributed by atoms with Gasteiger partial charge in [0.2, 0.25) is 0 Å². The second-order valence-electron chi connectivity index (χ2n) is 5.82. The zero-order valence-corrected chi connectivity index (χ0v) is 14.1. The maximum Gasteiger partial charge on any atom is 0.255 e. The maximum absolute atomic E-state index is 13.7. The average molecular weight is 335 g/mol. The van der Waals surface area contributed by atoms with Gasteiger partial charge in [0, 0.05) is 25.1 Å². The lowest BCUT2D eigenvalue weighted by molar-refractivity contribution is 0.0752. The van der Waals surface area contributed by atoms with Crippen molar-refractivity contribution in [3.05, 3.63) is 95.3 Å². The number of hydrogen-bond acceptors (Lipinski definition) is 3. The highest BCUT2D eigenvalue weighted by Gasteiger charge is 2.26. The van der Waals surface area contributed by atoms with Gasteiger partial charge >= 0.3 is 0 Å². The molecule has 0 radical (unpaired) electrons. The van der Waals surface area contributed by atoms with Gasteiger partial charge in [0.1, 0.15) is 5.82 Å². The lowest BCUT2D eigenvalue weighted by atomic mass is 10.0. The number of aromatic nitrogens is 2. The maximum atomic E-state index is 13.7. The van der Waals surface area contributed by atoms with Crippen molar-refractivity contribution in [1.82, 2.24) is 14.9 Å². The molecular weight excluding hydrogens is 317 g/mol. The first kappa shape index (κ1) is 16.8. The van der Waals surface area contributed by atoms with Gasteiger partial charge < -0.3 is 4.90 Å². The van der Waals surface area contributed by atoms with Gasteiger partial charge in [0.15, 0.2) is 0 Å². The molecule has 1 amide bonds. The molecule has 0 bridgehead atoms. The SMILES string of the molecule is Cc1ccc(C(=O)N(C)C(c2cccc(F)c2)c2ccccn2)cn1. The van der Waals surface area contributed by atoms with Gasteiger partial charge in [-0.25, -0.2) is 4.39 Å². The number of hydrogen-bond donors (Lipinski definition) is 0. The summed E-state index contributed by atoms with van der Waals surface area (Å²) in [7, 11) is 1.69. The highest BCUT2D eigenvalue weighted by Crippen LogP contribution is 2.27. The molecule has 2 heterocycles. The second-order valence-corrected chi connectivity index (χ2v) is 5.82. The standard InChI is InChI=1S/C20H18FN3O/c1-14-9-10-16(13-23-14)20(25)24(2)19(18-8-3-4-11-22-18)15-6-5-7-17(21)12-15/h3-13,19H,1-2H3. The number of rotatable bonds is 4. The van der Waals surface area contributed by atoms with E-state index in [9.17, 15) is 9.18 Å². The number of pyridine rings is 2. The lowest BCUT2D eigenvalue weighted by Crippen LogP contribution is -2.32. The quantitative estimate of drug-likeness (QED) is 0.729. The van der Waals surface area contributed by atoms with Crippen LogP contribution in [-0.4, -0.2) is 27.8 Å². The third-order valence-corrected chi connectivity index (χ3v) is 4.00. The van der Waals surface area contributed by atoms with Gasteiger partial charge in [-0.2, -0.15) is 0 Å². The van der Waals surface area contributed by atoms with Crippen molar-refractivity contribution in [2.75, 3.05) is 7.05 Å². The molecule has 4 nitrogen and oxygen atoms in total. The van der Waals surface area contributed by atoms with Gasteiger partial charge in [-0.15, -0.1) is 0 Å². The van der Waals surface area contributed by atoms with Crippen LogP contribution in [0.3, 0.4) is 0 Å². The molecule has 5 heteroatoms. The highest BCUT2D eigenvalue weighted by molar-refractivity contribution is 5.94. The van der Waals surface area contributed by atoms with Gasteiger partial charge in [0.05, 0.1) is 17.3 Å². The minimum atomic E-state index is -0.495. The number of benzene rings is 1. The fourth-order valence-electron chi connectivity index (χ4n) is 2.72. The molecule has 3 rings (SSSR count). The van der Waals surface area contributed by atoms with Crippen LogP contribution in [0.5, 0.6) is 0 Å². The summed E-state index contributed by atoms with van der Waals surface area (Å²) in [5.41, 5.74) is 2.65. The first-order chi connectivity index (χ1) is 12.1. The molecule has 0 saturated carbocycles. The van der Waals surface area contributed by atoms with Gasteiger partial charge in [-0.05, 0) is 48.9 Å². The van der Waals surface area contributed by atoms with Crippen LogP contribution in [0, 0.1) is 12.7 Å². The second kappa shape index (κ2) is 7.21. The molecule has 0 aliphatic carbocycles. The number of aryl methyl sites for hydroxylation is 1. The highest BCUT2D eigenvalue weighted by atomic mass is 19.1. The van der Waals surface area contributed by atoms with E-state index in [2.05, 4.69) is 9.97 Å². The fourth-order valence-corrected chi connectivity index (χ4v) is 2.72. The van der Waals surface area contributed by atoms with E-state index < -0.39 is 6.04 Å². The van der Waals surface area contributed by atoms with Crippen LogP contribution in [0.2, 0.25) is 0 Å². The predicted molar refractivity (Wildman–Crippen MR) is 93.5 cm³/mol. The van der Waals surface area contributed by atoms with Crippen molar-refractivity contribution in [3.63, 3.8) is 0 Å². The molecular formula is C20H18FN3O. The third kappa shape index (κ3) is 3.71. The molecule has 1 unspecified atom stereocenters. The van der Waals surface area contributed by atoms with Gasteiger partial charge in [0.25, 0.3) is 5.91 Å². The molecule has 1 atom stereocenters. The summed E-state index contributed by atoms with van der Waals surface area (Å²) in [6.45, 7) is 1.86. The van der Waals surface area contributed by atoms with E-state index in [4.69, 9.17) is 0 Å². The Balaban J connectivity index is 2.02. The summed E-state index contributed by atoms with van der Waals surface area (Å²) >= 11 is 0. The Morgan fingerprint density at radius 1 is 1.08 bits per heavy atom. The third-order valence-electron chi connectivity index (χ3n) is 4.00. The Bertz CT molecular complexity index is 866. The zero-order chi connectivity index (χ0) is 17.8. The number of halogens is 1. The zero-order valence-electron chi connectivity index (χ0n) is 14.1. The van der Waals surface area contributed by atoms with Crippen LogP contribution < -0.4 is 0 Å². The van der Waals surface area contributed by atoms with E-state index in [1.165, 1.54) is 12.1 Å². The Hall–Kier alpha value is -3.08. The molecule has 3 aromatic rings. The molecule has 0 N–H and O–H groups in total. The average Bonchev–Trinajstić information content (AvgIpc) is 2.63. The van der Waals surface area contributed by atoms with Crippen molar-refractivity contribution in [3.8, 4) is 0 Å². The summed E-state index contributed by atoms with van der Waals surface area (Å²) in [6.07, 6.45) is 3.21. The summed E-state index contributed by atoms with van der Waals surface area (Å²) < 4.78 is 13.7. The minimum Gasteiger partial charge on any atom is -0.329 e. The molecule has 2 aromatic heterocycles. The molecule has 0 aliphatic rings. The number of nitrogens with zero attached hydrogens (tertiary/aromatic N) is 3. The Kier molecular flexibility index (Phi) is 4.84.